The highest BCUT2D eigenvalue weighted by atomic mass is 16.5. The molecule has 7 heteroatoms. The van der Waals surface area contributed by atoms with Crippen LogP contribution in [0, 0.1) is 0 Å². The van der Waals surface area contributed by atoms with Crippen molar-refractivity contribution in [2.24, 2.45) is 4.99 Å². The number of hydrogen-bond acceptors (Lipinski definition) is 3. The lowest BCUT2D eigenvalue weighted by molar-refractivity contribution is 0.238. The summed E-state index contributed by atoms with van der Waals surface area (Å²) in [7, 11) is 0. The summed E-state index contributed by atoms with van der Waals surface area (Å²) in [6.45, 7) is 0. The van der Waals surface area contributed by atoms with E-state index in [1.807, 2.05) is 84.9 Å². The lowest BCUT2D eigenvalue weighted by atomic mass is 10.2. The molecule has 0 saturated carbocycles. The maximum atomic E-state index is 12.7. The van der Waals surface area contributed by atoms with Crippen molar-refractivity contribution in [2.75, 3.05) is 10.2 Å². The Bertz CT molecular complexity index is 1210. The van der Waals surface area contributed by atoms with Crippen LogP contribution in [-0.4, -0.2) is 18.1 Å². The average Bonchev–Trinajstić information content (AvgIpc) is 2.86. The van der Waals surface area contributed by atoms with Crippen molar-refractivity contribution in [1.29, 1.82) is 0 Å². The predicted molar refractivity (Wildman–Crippen MR) is 134 cm³/mol. The summed E-state index contributed by atoms with van der Waals surface area (Å²) < 4.78 is 6.04. The van der Waals surface area contributed by atoms with Gasteiger partial charge in [-0.3, -0.25) is 10.2 Å². The topological polar surface area (TPSA) is 83.0 Å². The number of aliphatic imine (C=N–C) groups is 1. The zero-order chi connectivity index (χ0) is 23.6. The van der Waals surface area contributed by atoms with Crippen LogP contribution < -0.4 is 20.3 Å². The van der Waals surface area contributed by atoms with Gasteiger partial charge >= 0.3 is 18.1 Å². The van der Waals surface area contributed by atoms with E-state index in [4.69, 9.17) is 4.74 Å². The van der Waals surface area contributed by atoms with Gasteiger partial charge < -0.3 is 10.1 Å². The van der Waals surface area contributed by atoms with Gasteiger partial charge in [0.25, 0.3) is 0 Å². The minimum absolute atomic E-state index is 0.0198. The number of rotatable bonds is 4. The van der Waals surface area contributed by atoms with Gasteiger partial charge in [-0.15, -0.1) is 4.99 Å². The first kappa shape index (κ1) is 22.3. The predicted octanol–water partition coefficient (Wildman–Crippen LogP) is 6.20. The second-order valence-corrected chi connectivity index (χ2v) is 7.07. The molecule has 0 heterocycles. The normalized spacial score (nSPS) is 10.8. The van der Waals surface area contributed by atoms with E-state index in [0.29, 0.717) is 11.4 Å². The number of para-hydroxylation sites is 4. The standard InChI is InChI=1S/C27H22N4O3/c32-25(28-21-13-5-1-6-14-21)29-26(33)30-27(34-24-19-11-4-12-20-24)31(22-15-7-2-8-16-22)23-17-9-3-10-18-23/h1-20H,(H2,28,29,32,33)/b30-27-. The molecular formula is C27H22N4O3. The number of ether oxygens (including phenoxy) is 1. The van der Waals surface area contributed by atoms with Gasteiger partial charge in [-0.25, -0.2) is 9.59 Å². The maximum Gasteiger partial charge on any atom is 0.353 e. The summed E-state index contributed by atoms with van der Waals surface area (Å²) in [6, 6.07) is 35.0. The molecule has 4 rings (SSSR count). The zero-order valence-corrected chi connectivity index (χ0v) is 18.2. The van der Waals surface area contributed by atoms with Gasteiger partial charge in [0.05, 0.1) is 11.4 Å². The molecule has 0 spiro atoms. The Morgan fingerprint density at radius 2 is 1.12 bits per heavy atom. The summed E-state index contributed by atoms with van der Waals surface area (Å²) in [5.41, 5.74) is 2.00. The Morgan fingerprint density at radius 1 is 0.647 bits per heavy atom. The van der Waals surface area contributed by atoms with Crippen molar-refractivity contribution in [3.63, 3.8) is 0 Å². The molecule has 0 radical (unpaired) electrons. The summed E-state index contributed by atoms with van der Waals surface area (Å²) in [5.74, 6) is 0.486. The number of hydrogen-bond donors (Lipinski definition) is 2. The van der Waals surface area contributed by atoms with E-state index in [1.165, 1.54) is 0 Å². The van der Waals surface area contributed by atoms with Crippen LogP contribution in [0.15, 0.2) is 126 Å². The number of nitrogens with one attached hydrogen (secondary N) is 2. The number of benzene rings is 4. The number of anilines is 3. The molecule has 0 fully saturated rings. The fraction of sp³-hybridized carbons (Fsp3) is 0. The van der Waals surface area contributed by atoms with Crippen molar-refractivity contribution in [3.8, 4) is 5.75 Å². The lowest BCUT2D eigenvalue weighted by Crippen LogP contribution is -2.37. The number of nitrogens with zero attached hydrogens (tertiary/aromatic N) is 2. The highest BCUT2D eigenvalue weighted by molar-refractivity contribution is 6.08. The van der Waals surface area contributed by atoms with E-state index >= 15 is 0 Å². The number of urea groups is 2. The maximum absolute atomic E-state index is 12.7. The summed E-state index contributed by atoms with van der Waals surface area (Å²) in [4.78, 5) is 30.9. The summed E-state index contributed by atoms with van der Waals surface area (Å²) >= 11 is 0. The molecule has 0 aliphatic heterocycles. The summed E-state index contributed by atoms with van der Waals surface area (Å²) in [5, 5.41) is 4.81. The number of imide groups is 1. The molecule has 0 atom stereocenters. The highest BCUT2D eigenvalue weighted by Crippen LogP contribution is 2.27. The van der Waals surface area contributed by atoms with Crippen molar-refractivity contribution >= 4 is 35.1 Å². The molecule has 7 nitrogen and oxygen atoms in total. The van der Waals surface area contributed by atoms with Crippen LogP contribution in [0.1, 0.15) is 0 Å². The highest BCUT2D eigenvalue weighted by Gasteiger charge is 2.21. The largest absolute Gasteiger partial charge is 0.425 e. The van der Waals surface area contributed by atoms with Crippen molar-refractivity contribution in [1.82, 2.24) is 5.32 Å². The number of amides is 4. The molecule has 2 N–H and O–H groups in total. The van der Waals surface area contributed by atoms with E-state index in [1.54, 1.807) is 41.3 Å². The molecule has 0 bridgehead atoms. The Morgan fingerprint density at radius 3 is 1.65 bits per heavy atom. The second-order valence-electron chi connectivity index (χ2n) is 7.07. The third-order valence-corrected chi connectivity index (χ3v) is 4.62. The van der Waals surface area contributed by atoms with Crippen molar-refractivity contribution < 1.29 is 14.3 Å². The second kappa shape index (κ2) is 11.1. The van der Waals surface area contributed by atoms with Gasteiger partial charge in [0.1, 0.15) is 5.75 Å². The van der Waals surface area contributed by atoms with Crippen molar-refractivity contribution in [2.45, 2.75) is 0 Å². The van der Waals surface area contributed by atoms with Crippen LogP contribution in [0.4, 0.5) is 26.7 Å². The molecular weight excluding hydrogens is 428 g/mol. The molecule has 0 unspecified atom stereocenters. The molecule has 168 valence electrons. The van der Waals surface area contributed by atoms with Gasteiger partial charge in [-0.05, 0) is 48.5 Å². The van der Waals surface area contributed by atoms with Gasteiger partial charge in [0, 0.05) is 5.69 Å². The third-order valence-electron chi connectivity index (χ3n) is 4.62. The molecule has 4 aromatic carbocycles. The Kier molecular flexibility index (Phi) is 7.28. The van der Waals surface area contributed by atoms with E-state index in [-0.39, 0.29) is 6.02 Å². The quantitative estimate of drug-likeness (QED) is 0.286. The van der Waals surface area contributed by atoms with E-state index < -0.39 is 12.1 Å². The fourth-order valence-electron chi connectivity index (χ4n) is 3.13. The van der Waals surface area contributed by atoms with Crippen LogP contribution in [0.25, 0.3) is 0 Å². The van der Waals surface area contributed by atoms with Crippen LogP contribution in [-0.2, 0) is 0 Å². The zero-order valence-electron chi connectivity index (χ0n) is 18.2. The number of carbonyl (C=O) groups is 2. The van der Waals surface area contributed by atoms with Gasteiger partial charge in [-0.1, -0.05) is 72.8 Å². The SMILES string of the molecule is O=C(/N=C(\Oc1ccccc1)N(c1ccccc1)c1ccccc1)NC(=O)Nc1ccccc1. The molecule has 4 aromatic rings. The fourth-order valence-corrected chi connectivity index (χ4v) is 3.13. The molecule has 0 aliphatic carbocycles. The minimum atomic E-state index is -0.878. The Hall–Kier alpha value is -4.91. The Balaban J connectivity index is 1.66. The van der Waals surface area contributed by atoms with E-state index in [2.05, 4.69) is 15.6 Å². The van der Waals surface area contributed by atoms with E-state index in [0.717, 1.165) is 11.4 Å². The third kappa shape index (κ3) is 6.08. The van der Waals surface area contributed by atoms with Crippen LogP contribution in [0.3, 0.4) is 0 Å². The van der Waals surface area contributed by atoms with E-state index in [9.17, 15) is 9.59 Å². The molecule has 0 aromatic heterocycles. The van der Waals surface area contributed by atoms with Crippen LogP contribution in [0.2, 0.25) is 0 Å². The number of amidine groups is 1. The first-order valence-corrected chi connectivity index (χ1v) is 10.6. The molecule has 4 amide bonds. The average molecular weight is 450 g/mol. The first-order valence-electron chi connectivity index (χ1n) is 10.6. The van der Waals surface area contributed by atoms with Gasteiger partial charge in [0.2, 0.25) is 0 Å². The Labute approximate surface area is 197 Å². The van der Waals surface area contributed by atoms with Crippen molar-refractivity contribution in [3.05, 3.63) is 121 Å². The van der Waals surface area contributed by atoms with Crippen LogP contribution in [0.5, 0.6) is 5.75 Å². The first-order chi connectivity index (χ1) is 16.7. The van der Waals surface area contributed by atoms with Gasteiger partial charge in [-0.2, -0.15) is 0 Å². The monoisotopic (exact) mass is 450 g/mol. The summed E-state index contributed by atoms with van der Waals surface area (Å²) in [6.07, 6.45) is 0. The smallest absolute Gasteiger partial charge is 0.353 e. The molecule has 0 aliphatic rings. The number of carbonyl (C=O) groups excluding carboxylic acids is 2. The van der Waals surface area contributed by atoms with Gasteiger partial charge in [0.15, 0.2) is 0 Å². The lowest BCUT2D eigenvalue weighted by Gasteiger charge is -2.25. The van der Waals surface area contributed by atoms with Crippen LogP contribution >= 0.6 is 0 Å². The molecule has 0 saturated heterocycles. The minimum Gasteiger partial charge on any atom is -0.425 e. The molecule has 34 heavy (non-hydrogen) atoms.